The van der Waals surface area contributed by atoms with Gasteiger partial charge in [-0.05, 0) is 34.9 Å². The first kappa shape index (κ1) is 20.2. The van der Waals surface area contributed by atoms with Gasteiger partial charge >= 0.3 is 5.97 Å². The van der Waals surface area contributed by atoms with E-state index < -0.39 is 12.0 Å². The molecule has 3 N–H and O–H groups in total. The zero-order valence-corrected chi connectivity index (χ0v) is 17.7. The highest BCUT2D eigenvalue weighted by Gasteiger charge is 2.34. The Morgan fingerprint density at radius 2 is 1.81 bits per heavy atom. The van der Waals surface area contributed by atoms with Gasteiger partial charge < -0.3 is 19.6 Å². The number of methoxy groups -OCH3 is 1. The molecule has 0 spiro atoms. The highest BCUT2D eigenvalue weighted by molar-refractivity contribution is 5.87. The maximum Gasteiger partial charge on any atom is 0.321 e. The van der Waals surface area contributed by atoms with E-state index in [1.54, 1.807) is 7.11 Å². The topological polar surface area (TPSA) is 83.6 Å². The van der Waals surface area contributed by atoms with Gasteiger partial charge in [0.2, 0.25) is 0 Å². The number of aromatic nitrogens is 1. The molecule has 1 aliphatic rings. The summed E-state index contributed by atoms with van der Waals surface area (Å²) in [5, 5.41) is 14.1. The van der Waals surface area contributed by atoms with E-state index in [1.807, 2.05) is 72.8 Å². The number of nitrogens with one attached hydrogen (secondary N) is 2. The van der Waals surface area contributed by atoms with Crippen LogP contribution in [-0.4, -0.2) is 29.2 Å². The van der Waals surface area contributed by atoms with Crippen LogP contribution in [0.4, 0.5) is 0 Å². The third kappa shape index (κ3) is 3.69. The number of rotatable bonds is 6. The minimum Gasteiger partial charge on any atom is -0.493 e. The van der Waals surface area contributed by atoms with Crippen molar-refractivity contribution in [1.82, 2.24) is 10.3 Å². The molecule has 0 amide bonds. The number of carboxylic acids is 1. The van der Waals surface area contributed by atoms with Crippen molar-refractivity contribution < 1.29 is 19.4 Å². The molecule has 0 fully saturated rings. The number of aliphatic carboxylic acids is 1. The standard InChI is InChI=1S/C26H24N2O4/c1-31-23-13-17(11-12-22(23)32-15-16-7-3-2-4-8-16)24-25-19(14-21(28-24)26(29)30)18-9-5-6-10-20(18)27-25/h2-13,21,24,27-28H,14-15H2,1H3,(H,29,30). The zero-order chi connectivity index (χ0) is 22.1. The van der Waals surface area contributed by atoms with Crippen molar-refractivity contribution in [3.8, 4) is 11.5 Å². The van der Waals surface area contributed by atoms with E-state index in [0.717, 1.165) is 33.3 Å². The maximum atomic E-state index is 11.9. The van der Waals surface area contributed by atoms with Gasteiger partial charge in [0, 0.05) is 23.0 Å². The molecule has 0 saturated carbocycles. The van der Waals surface area contributed by atoms with Crippen molar-refractivity contribution >= 4 is 16.9 Å². The molecule has 2 unspecified atom stereocenters. The Bertz CT molecular complexity index is 1270. The van der Waals surface area contributed by atoms with Gasteiger partial charge in [0.25, 0.3) is 0 Å². The second-order valence-corrected chi connectivity index (χ2v) is 7.94. The van der Waals surface area contributed by atoms with E-state index in [9.17, 15) is 9.90 Å². The molecular weight excluding hydrogens is 404 g/mol. The fourth-order valence-corrected chi connectivity index (χ4v) is 4.37. The molecule has 1 aliphatic heterocycles. The van der Waals surface area contributed by atoms with Gasteiger partial charge in [0.05, 0.1) is 13.2 Å². The molecule has 3 aromatic carbocycles. The molecule has 1 aromatic heterocycles. The van der Waals surface area contributed by atoms with Gasteiger partial charge in [-0.15, -0.1) is 0 Å². The monoisotopic (exact) mass is 428 g/mol. The average Bonchev–Trinajstić information content (AvgIpc) is 3.21. The van der Waals surface area contributed by atoms with E-state index in [2.05, 4.69) is 10.3 Å². The lowest BCUT2D eigenvalue weighted by Gasteiger charge is -2.30. The first-order chi connectivity index (χ1) is 15.6. The van der Waals surface area contributed by atoms with Crippen LogP contribution in [0, 0.1) is 0 Å². The van der Waals surface area contributed by atoms with E-state index in [4.69, 9.17) is 9.47 Å². The molecule has 2 atom stereocenters. The van der Waals surface area contributed by atoms with Crippen LogP contribution in [0.15, 0.2) is 72.8 Å². The fourth-order valence-electron chi connectivity index (χ4n) is 4.37. The van der Waals surface area contributed by atoms with Crippen molar-refractivity contribution in [3.05, 3.63) is 95.2 Å². The Hall–Kier alpha value is -3.77. The summed E-state index contributed by atoms with van der Waals surface area (Å²) in [4.78, 5) is 15.4. The number of carboxylic acid groups (broad SMARTS) is 1. The highest BCUT2D eigenvalue weighted by Crippen LogP contribution is 2.38. The Balaban J connectivity index is 1.50. The first-order valence-corrected chi connectivity index (χ1v) is 10.6. The van der Waals surface area contributed by atoms with Crippen molar-refractivity contribution in [2.24, 2.45) is 0 Å². The molecule has 6 nitrogen and oxygen atoms in total. The summed E-state index contributed by atoms with van der Waals surface area (Å²) in [5.74, 6) is 0.388. The molecule has 6 heteroatoms. The smallest absolute Gasteiger partial charge is 0.321 e. The molecule has 2 heterocycles. The number of carbonyl (C=O) groups is 1. The average molecular weight is 428 g/mol. The van der Waals surface area contributed by atoms with Crippen LogP contribution in [0.3, 0.4) is 0 Å². The van der Waals surface area contributed by atoms with Crippen LogP contribution in [0.1, 0.15) is 28.4 Å². The number of ether oxygens (including phenoxy) is 2. The molecule has 0 bridgehead atoms. The van der Waals surface area contributed by atoms with Gasteiger partial charge in [-0.25, -0.2) is 0 Å². The van der Waals surface area contributed by atoms with Crippen LogP contribution in [0.2, 0.25) is 0 Å². The third-order valence-corrected chi connectivity index (χ3v) is 5.97. The summed E-state index contributed by atoms with van der Waals surface area (Å²) in [6.07, 6.45) is 0.431. The highest BCUT2D eigenvalue weighted by atomic mass is 16.5. The van der Waals surface area contributed by atoms with Crippen molar-refractivity contribution in [2.75, 3.05) is 7.11 Å². The second kappa shape index (κ2) is 8.40. The van der Waals surface area contributed by atoms with E-state index in [1.165, 1.54) is 0 Å². The van der Waals surface area contributed by atoms with Gasteiger partial charge in [-0.1, -0.05) is 54.6 Å². The summed E-state index contributed by atoms with van der Waals surface area (Å²) in [6.45, 7) is 0.436. The van der Waals surface area contributed by atoms with E-state index >= 15 is 0 Å². The molecule has 0 aliphatic carbocycles. The number of benzene rings is 3. The van der Waals surface area contributed by atoms with Gasteiger partial charge in [-0.3, -0.25) is 10.1 Å². The molecule has 0 saturated heterocycles. The number of H-pyrrole nitrogens is 1. The first-order valence-electron chi connectivity index (χ1n) is 10.6. The summed E-state index contributed by atoms with van der Waals surface area (Å²) in [6, 6.07) is 22.7. The number of hydrogen-bond acceptors (Lipinski definition) is 4. The molecule has 162 valence electrons. The summed E-state index contributed by atoms with van der Waals surface area (Å²) in [5.41, 5.74) is 5.02. The third-order valence-electron chi connectivity index (χ3n) is 5.97. The minimum absolute atomic E-state index is 0.302. The van der Waals surface area contributed by atoms with Crippen LogP contribution in [0.25, 0.3) is 10.9 Å². The lowest BCUT2D eigenvalue weighted by atomic mass is 9.90. The van der Waals surface area contributed by atoms with Crippen LogP contribution in [0.5, 0.6) is 11.5 Å². The molecule has 0 radical (unpaired) electrons. The SMILES string of the molecule is COc1cc(C2NC(C(=O)O)Cc3c2[nH]c2ccccc32)ccc1OCc1ccccc1. The predicted molar refractivity (Wildman–Crippen MR) is 122 cm³/mol. The lowest BCUT2D eigenvalue weighted by molar-refractivity contribution is -0.139. The summed E-state index contributed by atoms with van der Waals surface area (Å²) in [7, 11) is 1.61. The Kier molecular flexibility index (Phi) is 5.29. The van der Waals surface area contributed by atoms with Crippen molar-refractivity contribution in [3.63, 3.8) is 0 Å². The minimum atomic E-state index is -0.860. The van der Waals surface area contributed by atoms with Crippen LogP contribution < -0.4 is 14.8 Å². The predicted octanol–water partition coefficient (Wildman–Crippen LogP) is 4.44. The van der Waals surface area contributed by atoms with Gasteiger partial charge in [0.1, 0.15) is 12.6 Å². The molecule has 32 heavy (non-hydrogen) atoms. The zero-order valence-electron chi connectivity index (χ0n) is 17.7. The molecular formula is C26H24N2O4. The molecule has 5 rings (SSSR count). The van der Waals surface area contributed by atoms with Crippen molar-refractivity contribution in [2.45, 2.75) is 25.1 Å². The Labute approximate surface area is 185 Å². The van der Waals surface area contributed by atoms with Crippen LogP contribution >= 0.6 is 0 Å². The van der Waals surface area contributed by atoms with Gasteiger partial charge in [0.15, 0.2) is 11.5 Å². The number of aromatic amines is 1. The summed E-state index contributed by atoms with van der Waals surface area (Å²) < 4.78 is 11.6. The molecule has 4 aromatic rings. The van der Waals surface area contributed by atoms with Gasteiger partial charge in [-0.2, -0.15) is 0 Å². The number of para-hydroxylation sites is 1. The Morgan fingerprint density at radius 1 is 1.03 bits per heavy atom. The number of hydrogen-bond donors (Lipinski definition) is 3. The maximum absolute atomic E-state index is 11.9. The largest absolute Gasteiger partial charge is 0.493 e. The van der Waals surface area contributed by atoms with Crippen molar-refractivity contribution in [1.29, 1.82) is 0 Å². The summed E-state index contributed by atoms with van der Waals surface area (Å²) >= 11 is 0. The number of fused-ring (bicyclic) bond motifs is 3. The lowest BCUT2D eigenvalue weighted by Crippen LogP contribution is -2.44. The Morgan fingerprint density at radius 3 is 2.59 bits per heavy atom. The quantitative estimate of drug-likeness (QED) is 0.423. The van der Waals surface area contributed by atoms with Crippen LogP contribution in [-0.2, 0) is 17.8 Å². The van der Waals surface area contributed by atoms with E-state index in [0.29, 0.717) is 24.5 Å². The fraction of sp³-hybridized carbons (Fsp3) is 0.192. The van der Waals surface area contributed by atoms with E-state index in [-0.39, 0.29) is 6.04 Å². The normalized spacial score (nSPS) is 17.7. The second-order valence-electron chi connectivity index (χ2n) is 7.94.